The molecule has 1 saturated heterocycles. The molecule has 1 aliphatic heterocycles. The third kappa shape index (κ3) is 3.34. The molecule has 2 amide bonds. The van der Waals surface area contributed by atoms with E-state index >= 15 is 0 Å². The van der Waals surface area contributed by atoms with Crippen molar-refractivity contribution in [2.24, 2.45) is 0 Å². The lowest BCUT2D eigenvalue weighted by Gasteiger charge is -2.16. The van der Waals surface area contributed by atoms with E-state index in [0.717, 1.165) is 11.1 Å². The zero-order chi connectivity index (χ0) is 17.3. The number of carbonyl (C=O) groups excluding carboxylic acids is 2. The van der Waals surface area contributed by atoms with Crippen LogP contribution >= 0.6 is 23.8 Å². The van der Waals surface area contributed by atoms with Crippen LogP contribution in [0.1, 0.15) is 5.56 Å². The molecule has 0 radical (unpaired) electrons. The van der Waals surface area contributed by atoms with Crippen LogP contribution in [-0.4, -0.2) is 16.9 Å². The Morgan fingerprint density at radius 2 is 1.54 bits per heavy atom. The fourth-order valence-corrected chi connectivity index (χ4v) is 2.59. The average molecular weight is 361 g/mol. The van der Waals surface area contributed by atoms with Gasteiger partial charge >= 0.3 is 0 Å². The van der Waals surface area contributed by atoms with Crippen molar-refractivity contribution in [3.05, 3.63) is 64.4 Å². The van der Waals surface area contributed by atoms with Crippen molar-refractivity contribution < 1.29 is 14.0 Å². The van der Waals surface area contributed by atoms with Crippen LogP contribution in [0.2, 0.25) is 5.02 Å². The van der Waals surface area contributed by atoms with Crippen LogP contribution in [0.25, 0.3) is 17.2 Å². The van der Waals surface area contributed by atoms with Gasteiger partial charge in [-0.2, -0.15) is 0 Å². The molecule has 3 rings (SSSR count). The Hall–Kier alpha value is -2.57. The number of amides is 2. The van der Waals surface area contributed by atoms with Gasteiger partial charge in [0.25, 0.3) is 11.8 Å². The Bertz CT molecular complexity index is 872. The van der Waals surface area contributed by atoms with Gasteiger partial charge in [0.1, 0.15) is 11.4 Å². The van der Waals surface area contributed by atoms with Crippen LogP contribution in [0.4, 0.5) is 4.39 Å². The van der Waals surface area contributed by atoms with Gasteiger partial charge in [-0.3, -0.25) is 20.2 Å². The molecule has 24 heavy (non-hydrogen) atoms. The molecule has 1 fully saturated rings. The molecule has 120 valence electrons. The predicted octanol–water partition coefficient (Wildman–Crippen LogP) is 3.06. The highest BCUT2D eigenvalue weighted by Gasteiger charge is 2.25. The van der Waals surface area contributed by atoms with Crippen molar-refractivity contribution in [3.63, 3.8) is 0 Å². The summed E-state index contributed by atoms with van der Waals surface area (Å²) in [7, 11) is 0. The predicted molar refractivity (Wildman–Crippen MR) is 93.7 cm³/mol. The number of benzene rings is 2. The minimum Gasteiger partial charge on any atom is -0.299 e. The molecular formula is C17H10ClFN2O2S. The van der Waals surface area contributed by atoms with E-state index in [2.05, 4.69) is 10.6 Å². The molecule has 0 spiro atoms. The van der Waals surface area contributed by atoms with Crippen molar-refractivity contribution in [1.29, 1.82) is 0 Å². The van der Waals surface area contributed by atoms with Gasteiger partial charge in [-0.1, -0.05) is 41.9 Å². The number of hydrogen-bond donors (Lipinski definition) is 2. The Morgan fingerprint density at radius 3 is 2.12 bits per heavy atom. The molecule has 2 aromatic rings. The summed E-state index contributed by atoms with van der Waals surface area (Å²) in [5.74, 6) is -1.56. The van der Waals surface area contributed by atoms with Crippen LogP contribution in [-0.2, 0) is 9.59 Å². The average Bonchev–Trinajstić information content (AvgIpc) is 2.54. The van der Waals surface area contributed by atoms with Crippen molar-refractivity contribution in [1.82, 2.24) is 10.6 Å². The fraction of sp³-hybridized carbons (Fsp3) is 0. The molecule has 4 nitrogen and oxygen atoms in total. The number of thiocarbonyl (C=S) groups is 1. The molecule has 0 atom stereocenters. The zero-order valence-electron chi connectivity index (χ0n) is 12.1. The van der Waals surface area contributed by atoms with Gasteiger partial charge < -0.3 is 0 Å². The largest absolute Gasteiger partial charge is 0.299 e. The first-order chi connectivity index (χ1) is 11.4. The first kappa shape index (κ1) is 16.3. The van der Waals surface area contributed by atoms with Crippen molar-refractivity contribution in [2.45, 2.75) is 0 Å². The highest BCUT2D eigenvalue weighted by atomic mass is 35.5. The number of nitrogens with one attached hydrogen (secondary N) is 2. The second-order valence-corrected chi connectivity index (χ2v) is 5.86. The summed E-state index contributed by atoms with van der Waals surface area (Å²) >= 11 is 10.5. The summed E-state index contributed by atoms with van der Waals surface area (Å²) in [5, 5.41) is 4.78. The van der Waals surface area contributed by atoms with E-state index < -0.39 is 17.6 Å². The first-order valence-electron chi connectivity index (χ1n) is 6.88. The molecule has 1 heterocycles. The Labute approximate surface area is 147 Å². The maximum atomic E-state index is 13.2. The highest BCUT2D eigenvalue weighted by Crippen LogP contribution is 2.25. The van der Waals surface area contributed by atoms with E-state index in [1.165, 1.54) is 18.2 Å². The minimum absolute atomic E-state index is 0.00862. The quantitative estimate of drug-likeness (QED) is 0.491. The maximum Gasteiger partial charge on any atom is 0.263 e. The van der Waals surface area contributed by atoms with Crippen LogP contribution in [0, 0.1) is 5.82 Å². The second-order valence-electron chi connectivity index (χ2n) is 5.05. The lowest BCUT2D eigenvalue weighted by molar-refractivity contribution is -0.123. The summed E-state index contributed by atoms with van der Waals surface area (Å²) < 4.78 is 13.2. The van der Waals surface area contributed by atoms with Gasteiger partial charge in [0.15, 0.2) is 5.11 Å². The van der Waals surface area contributed by atoms with Gasteiger partial charge in [-0.15, -0.1) is 0 Å². The van der Waals surface area contributed by atoms with E-state index in [1.54, 1.807) is 30.3 Å². The smallest absolute Gasteiger partial charge is 0.263 e. The normalized spacial score (nSPS) is 14.2. The van der Waals surface area contributed by atoms with Crippen LogP contribution in [0.15, 0.2) is 48.0 Å². The summed E-state index contributed by atoms with van der Waals surface area (Å²) in [6, 6.07) is 11.5. The highest BCUT2D eigenvalue weighted by molar-refractivity contribution is 7.80. The molecule has 0 saturated carbocycles. The third-order valence-electron chi connectivity index (χ3n) is 3.42. The second kappa shape index (κ2) is 6.51. The molecule has 2 aromatic carbocycles. The first-order valence-corrected chi connectivity index (χ1v) is 7.66. The number of hydrogen-bond acceptors (Lipinski definition) is 3. The van der Waals surface area contributed by atoms with E-state index in [0.29, 0.717) is 5.56 Å². The number of rotatable bonds is 2. The SMILES string of the molecule is O=C1NC(=S)NC(=O)C1=Cc1ccc(-c2ccc(F)c(Cl)c2)cc1. The van der Waals surface area contributed by atoms with Crippen molar-refractivity contribution >= 4 is 46.8 Å². The van der Waals surface area contributed by atoms with E-state index in [-0.39, 0.29) is 15.7 Å². The number of carbonyl (C=O) groups is 2. The minimum atomic E-state index is -0.543. The van der Waals surface area contributed by atoms with E-state index in [9.17, 15) is 14.0 Å². The van der Waals surface area contributed by atoms with E-state index in [1.807, 2.05) is 0 Å². The lowest BCUT2D eigenvalue weighted by Crippen LogP contribution is -2.51. The molecule has 0 aliphatic carbocycles. The molecule has 7 heteroatoms. The Morgan fingerprint density at radius 1 is 0.958 bits per heavy atom. The van der Waals surface area contributed by atoms with Gasteiger partial charge in [0.2, 0.25) is 0 Å². The summed E-state index contributed by atoms with van der Waals surface area (Å²) in [6.07, 6.45) is 1.47. The van der Waals surface area contributed by atoms with E-state index in [4.69, 9.17) is 23.8 Å². The van der Waals surface area contributed by atoms with Crippen LogP contribution in [0.5, 0.6) is 0 Å². The molecule has 2 N–H and O–H groups in total. The monoisotopic (exact) mass is 360 g/mol. The zero-order valence-corrected chi connectivity index (χ0v) is 13.7. The fourth-order valence-electron chi connectivity index (χ4n) is 2.22. The van der Waals surface area contributed by atoms with Gasteiger partial charge in [-0.05, 0) is 47.1 Å². The van der Waals surface area contributed by atoms with Gasteiger partial charge in [0, 0.05) is 0 Å². The topological polar surface area (TPSA) is 58.2 Å². The lowest BCUT2D eigenvalue weighted by atomic mass is 10.0. The Balaban J connectivity index is 1.88. The maximum absolute atomic E-state index is 13.2. The molecular weight excluding hydrogens is 351 g/mol. The third-order valence-corrected chi connectivity index (χ3v) is 3.91. The van der Waals surface area contributed by atoms with Crippen LogP contribution < -0.4 is 10.6 Å². The summed E-state index contributed by atoms with van der Waals surface area (Å²) in [6.45, 7) is 0. The molecule has 0 bridgehead atoms. The number of halogens is 2. The summed E-state index contributed by atoms with van der Waals surface area (Å²) in [4.78, 5) is 23.6. The van der Waals surface area contributed by atoms with Gasteiger partial charge in [-0.25, -0.2) is 4.39 Å². The summed E-state index contributed by atoms with van der Waals surface area (Å²) in [5.41, 5.74) is 2.23. The van der Waals surface area contributed by atoms with Crippen LogP contribution in [0.3, 0.4) is 0 Å². The van der Waals surface area contributed by atoms with Crippen molar-refractivity contribution in [3.8, 4) is 11.1 Å². The van der Waals surface area contributed by atoms with Gasteiger partial charge in [0.05, 0.1) is 5.02 Å². The molecule has 1 aliphatic rings. The molecule has 0 unspecified atom stereocenters. The Kier molecular flexibility index (Phi) is 4.42. The molecule has 0 aromatic heterocycles. The standard InChI is InChI=1S/C17H10ClFN2O2S/c18-13-8-11(5-6-14(13)19)10-3-1-9(2-4-10)7-12-15(22)20-17(24)21-16(12)23/h1-8H,(H2,20,21,22,23,24). The van der Waals surface area contributed by atoms with Crippen molar-refractivity contribution in [2.75, 3.05) is 0 Å².